The molecule has 9 nitrogen and oxygen atoms in total. The highest BCUT2D eigenvalue weighted by atomic mass is 79.9. The summed E-state index contributed by atoms with van der Waals surface area (Å²) in [4.78, 5) is 21.8. The Hall–Kier alpha value is -2.27. The number of hydrogen-bond acceptors (Lipinski definition) is 6. The van der Waals surface area contributed by atoms with E-state index < -0.39 is 10.8 Å². The van der Waals surface area contributed by atoms with Crippen LogP contribution in [0.1, 0.15) is 11.3 Å². The van der Waals surface area contributed by atoms with Gasteiger partial charge in [0.2, 0.25) is 0 Å². The third-order valence-corrected chi connectivity index (χ3v) is 4.10. The molecule has 24 heavy (non-hydrogen) atoms. The van der Waals surface area contributed by atoms with E-state index in [4.69, 9.17) is 0 Å². The Morgan fingerprint density at radius 2 is 2.08 bits per heavy atom. The van der Waals surface area contributed by atoms with Crippen molar-refractivity contribution >= 4 is 49.8 Å². The summed E-state index contributed by atoms with van der Waals surface area (Å²) in [5, 5.41) is 27.8. The summed E-state index contributed by atoms with van der Waals surface area (Å²) in [5.41, 5.74) is 3.44. The largest absolute Gasteiger partial charge is 0.506 e. The Labute approximate surface area is 152 Å². The maximum Gasteiger partial charge on any atom is 0.390 e. The average Bonchev–Trinajstić information content (AvgIpc) is 2.86. The fourth-order valence-electron chi connectivity index (χ4n) is 1.75. The average molecular weight is 461 g/mol. The molecule has 0 aliphatic rings. The second-order valence-electron chi connectivity index (χ2n) is 4.69. The van der Waals surface area contributed by atoms with E-state index >= 15 is 0 Å². The predicted molar refractivity (Wildman–Crippen MR) is 92.9 cm³/mol. The smallest absolute Gasteiger partial charge is 0.390 e. The van der Waals surface area contributed by atoms with Crippen molar-refractivity contribution in [1.82, 2.24) is 15.2 Å². The van der Waals surface area contributed by atoms with Gasteiger partial charge in [0.1, 0.15) is 12.3 Å². The molecule has 2 rings (SSSR count). The number of aromatic nitrogens is 2. The van der Waals surface area contributed by atoms with E-state index in [1.807, 2.05) is 0 Å². The highest BCUT2D eigenvalue weighted by Crippen LogP contribution is 2.32. The van der Waals surface area contributed by atoms with E-state index in [1.54, 1.807) is 19.1 Å². The van der Waals surface area contributed by atoms with Crippen molar-refractivity contribution < 1.29 is 14.8 Å². The summed E-state index contributed by atoms with van der Waals surface area (Å²) >= 11 is 6.38. The van der Waals surface area contributed by atoms with Crippen LogP contribution in [0.25, 0.3) is 0 Å². The van der Waals surface area contributed by atoms with Gasteiger partial charge in [0, 0.05) is 0 Å². The second kappa shape index (κ2) is 7.53. The van der Waals surface area contributed by atoms with Crippen LogP contribution in [0.2, 0.25) is 0 Å². The number of nitro groups is 1. The number of carbonyl (C=O) groups excluding carboxylic acids is 1. The molecule has 0 bridgehead atoms. The van der Waals surface area contributed by atoms with Crippen LogP contribution >= 0.6 is 31.9 Å². The number of phenolic OH excluding ortho intramolecular Hbond substituents is 1. The van der Waals surface area contributed by atoms with Crippen LogP contribution in [0.4, 0.5) is 5.82 Å². The number of aryl methyl sites for hydroxylation is 1. The quantitative estimate of drug-likeness (QED) is 0.403. The molecule has 0 saturated heterocycles. The topological polar surface area (TPSA) is 123 Å². The number of hydrazone groups is 1. The minimum absolute atomic E-state index is 0.0620. The SMILES string of the molecule is Cc1cc([N+](=O)[O-])nn1CC(=O)N/N=C\c1cc(Br)c(O)c(Br)c1. The van der Waals surface area contributed by atoms with Gasteiger partial charge >= 0.3 is 5.82 Å². The van der Waals surface area contributed by atoms with Crippen LogP contribution in [0, 0.1) is 17.0 Å². The number of halogens is 2. The van der Waals surface area contributed by atoms with Gasteiger partial charge in [-0.1, -0.05) is 0 Å². The van der Waals surface area contributed by atoms with Gasteiger partial charge in [-0.15, -0.1) is 0 Å². The standard InChI is InChI=1S/C13H11Br2N5O4/c1-7-2-11(20(23)24)18-19(7)6-12(21)17-16-5-8-3-9(14)13(22)10(15)4-8/h2-5,22H,6H2,1H3,(H,17,21)/b16-5-. The van der Waals surface area contributed by atoms with Gasteiger partial charge in [-0.3, -0.25) is 4.79 Å². The lowest BCUT2D eigenvalue weighted by Gasteiger charge is -2.02. The molecule has 2 N–H and O–H groups in total. The Morgan fingerprint density at radius 1 is 1.46 bits per heavy atom. The van der Waals surface area contributed by atoms with Crippen molar-refractivity contribution in [3.63, 3.8) is 0 Å². The summed E-state index contributed by atoms with van der Waals surface area (Å²) in [6.07, 6.45) is 1.39. The Kier molecular flexibility index (Phi) is 5.67. The Morgan fingerprint density at radius 3 is 2.62 bits per heavy atom. The normalized spacial score (nSPS) is 11.0. The molecule has 0 saturated carbocycles. The van der Waals surface area contributed by atoms with Crippen molar-refractivity contribution in [3.8, 4) is 5.75 Å². The lowest BCUT2D eigenvalue weighted by molar-refractivity contribution is -0.389. The van der Waals surface area contributed by atoms with E-state index in [2.05, 4.69) is 47.5 Å². The molecule has 1 heterocycles. The minimum atomic E-state index is -0.625. The number of rotatable bonds is 5. The Bertz CT molecular complexity index is 811. The van der Waals surface area contributed by atoms with Gasteiger partial charge < -0.3 is 15.2 Å². The zero-order valence-electron chi connectivity index (χ0n) is 12.2. The molecular formula is C13H11Br2N5O4. The van der Waals surface area contributed by atoms with Crippen molar-refractivity contribution in [3.05, 3.63) is 48.5 Å². The first kappa shape index (κ1) is 18.1. The van der Waals surface area contributed by atoms with Crippen LogP contribution in [-0.2, 0) is 11.3 Å². The van der Waals surface area contributed by atoms with Crippen molar-refractivity contribution in [1.29, 1.82) is 0 Å². The number of nitrogens with zero attached hydrogens (tertiary/aromatic N) is 4. The van der Waals surface area contributed by atoms with Gasteiger partial charge in [0.25, 0.3) is 5.91 Å². The van der Waals surface area contributed by atoms with Crippen molar-refractivity contribution in [2.75, 3.05) is 0 Å². The maximum absolute atomic E-state index is 11.8. The molecular weight excluding hydrogens is 450 g/mol. The molecule has 0 aliphatic heterocycles. The lowest BCUT2D eigenvalue weighted by Crippen LogP contribution is -2.24. The number of benzene rings is 1. The summed E-state index contributed by atoms with van der Waals surface area (Å²) in [6.45, 7) is 1.42. The maximum atomic E-state index is 11.8. The molecule has 1 aromatic heterocycles. The van der Waals surface area contributed by atoms with Crippen LogP contribution < -0.4 is 5.43 Å². The number of phenols is 1. The summed E-state index contributed by atoms with van der Waals surface area (Å²) in [5.74, 6) is -0.737. The summed E-state index contributed by atoms with van der Waals surface area (Å²) in [7, 11) is 0. The zero-order valence-corrected chi connectivity index (χ0v) is 15.4. The molecule has 0 aliphatic carbocycles. The third kappa shape index (κ3) is 4.38. The minimum Gasteiger partial charge on any atom is -0.506 e. The molecule has 0 atom stereocenters. The zero-order chi connectivity index (χ0) is 17.9. The van der Waals surface area contributed by atoms with Gasteiger partial charge in [-0.2, -0.15) is 9.78 Å². The van der Waals surface area contributed by atoms with Crippen LogP contribution in [0.5, 0.6) is 5.75 Å². The lowest BCUT2D eigenvalue weighted by atomic mass is 10.2. The summed E-state index contributed by atoms with van der Waals surface area (Å²) in [6, 6.07) is 4.52. The fourth-order valence-corrected chi connectivity index (χ4v) is 2.97. The third-order valence-electron chi connectivity index (χ3n) is 2.89. The molecule has 2 aromatic rings. The first-order valence-corrected chi connectivity index (χ1v) is 8.05. The van der Waals surface area contributed by atoms with E-state index in [0.29, 0.717) is 20.2 Å². The van der Waals surface area contributed by atoms with Crippen LogP contribution in [0.3, 0.4) is 0 Å². The molecule has 0 spiro atoms. The number of nitrogens with one attached hydrogen (secondary N) is 1. The highest BCUT2D eigenvalue weighted by Gasteiger charge is 2.17. The number of amides is 1. The van der Waals surface area contributed by atoms with E-state index in [0.717, 1.165) is 0 Å². The molecule has 0 fully saturated rings. The molecule has 0 radical (unpaired) electrons. The van der Waals surface area contributed by atoms with Crippen LogP contribution in [-0.4, -0.2) is 31.9 Å². The number of hydrogen-bond donors (Lipinski definition) is 2. The molecule has 0 unspecified atom stereocenters. The van der Waals surface area contributed by atoms with E-state index in [-0.39, 0.29) is 18.1 Å². The monoisotopic (exact) mass is 459 g/mol. The second-order valence-corrected chi connectivity index (χ2v) is 6.39. The van der Waals surface area contributed by atoms with E-state index in [1.165, 1.54) is 17.0 Å². The molecule has 1 aromatic carbocycles. The Balaban J connectivity index is 1.99. The first-order valence-electron chi connectivity index (χ1n) is 6.46. The van der Waals surface area contributed by atoms with Gasteiger partial charge in [-0.25, -0.2) is 5.43 Å². The highest BCUT2D eigenvalue weighted by molar-refractivity contribution is 9.11. The van der Waals surface area contributed by atoms with Crippen molar-refractivity contribution in [2.24, 2.45) is 5.10 Å². The molecule has 11 heteroatoms. The number of carbonyl (C=O) groups is 1. The summed E-state index contributed by atoms with van der Waals surface area (Å²) < 4.78 is 2.17. The van der Waals surface area contributed by atoms with Crippen molar-refractivity contribution in [2.45, 2.75) is 13.5 Å². The fraction of sp³-hybridized carbons (Fsp3) is 0.154. The first-order chi connectivity index (χ1) is 11.3. The van der Waals surface area contributed by atoms with Crippen LogP contribution in [0.15, 0.2) is 32.2 Å². The molecule has 1 amide bonds. The van der Waals surface area contributed by atoms with E-state index in [9.17, 15) is 20.0 Å². The predicted octanol–water partition coefficient (Wildman–Crippen LogP) is 2.48. The van der Waals surface area contributed by atoms with Gasteiger partial charge in [0.05, 0.1) is 32.0 Å². The van der Waals surface area contributed by atoms with Gasteiger partial charge in [0.15, 0.2) is 0 Å². The van der Waals surface area contributed by atoms with Gasteiger partial charge in [-0.05, 0) is 61.4 Å². The number of aromatic hydroxyl groups is 1. The molecule has 126 valence electrons.